The predicted octanol–water partition coefficient (Wildman–Crippen LogP) is 2.38. The summed E-state index contributed by atoms with van der Waals surface area (Å²) in [6.07, 6.45) is 2.79. The average molecular weight is 244 g/mol. The zero-order valence-corrected chi connectivity index (χ0v) is 10.8. The number of hydrogen-bond donors (Lipinski definition) is 2. The lowest BCUT2D eigenvalue weighted by Crippen LogP contribution is -2.25. The summed E-state index contributed by atoms with van der Waals surface area (Å²) < 4.78 is 0. The van der Waals surface area contributed by atoms with Gasteiger partial charge in [-0.1, -0.05) is 6.92 Å². The van der Waals surface area contributed by atoms with Crippen molar-refractivity contribution in [3.05, 3.63) is 24.0 Å². The molecule has 0 saturated heterocycles. The first-order valence-electron chi connectivity index (χ1n) is 6.71. The van der Waals surface area contributed by atoms with E-state index < -0.39 is 0 Å². The van der Waals surface area contributed by atoms with Crippen LogP contribution in [0, 0.1) is 5.92 Å². The van der Waals surface area contributed by atoms with E-state index in [1.54, 1.807) is 0 Å². The highest BCUT2D eigenvalue weighted by Gasteiger charge is 2.24. The first-order chi connectivity index (χ1) is 8.74. The second-order valence-electron chi connectivity index (χ2n) is 5.23. The van der Waals surface area contributed by atoms with Gasteiger partial charge in [0.1, 0.15) is 5.82 Å². The van der Waals surface area contributed by atoms with Gasteiger partial charge in [-0.3, -0.25) is 4.90 Å². The number of H-pyrrole nitrogens is 1. The standard InChI is InChI=1S/C14H20N4/c1-2-18(8-10-3-4-10)9-14-16-12-6-5-11(15)7-13(12)17-14/h5-7,10H,2-4,8-9,15H2,1H3,(H,16,17). The first-order valence-corrected chi connectivity index (χ1v) is 6.71. The largest absolute Gasteiger partial charge is 0.399 e. The smallest absolute Gasteiger partial charge is 0.121 e. The molecule has 4 nitrogen and oxygen atoms in total. The Morgan fingerprint density at radius 3 is 3.00 bits per heavy atom. The van der Waals surface area contributed by atoms with Crippen LogP contribution in [0.2, 0.25) is 0 Å². The van der Waals surface area contributed by atoms with Crippen LogP contribution in [-0.4, -0.2) is 28.0 Å². The maximum atomic E-state index is 5.78. The summed E-state index contributed by atoms with van der Waals surface area (Å²) in [5.41, 5.74) is 8.59. The molecule has 0 spiro atoms. The Labute approximate surface area is 107 Å². The molecular formula is C14H20N4. The maximum Gasteiger partial charge on any atom is 0.121 e. The summed E-state index contributed by atoms with van der Waals surface area (Å²) in [6.45, 7) is 5.40. The Kier molecular flexibility index (Phi) is 2.96. The molecule has 1 aliphatic carbocycles. The van der Waals surface area contributed by atoms with E-state index in [0.717, 1.165) is 41.6 Å². The lowest BCUT2D eigenvalue weighted by molar-refractivity contribution is 0.263. The third-order valence-corrected chi connectivity index (χ3v) is 3.59. The molecule has 1 saturated carbocycles. The van der Waals surface area contributed by atoms with Crippen molar-refractivity contribution in [3.8, 4) is 0 Å². The van der Waals surface area contributed by atoms with Crippen LogP contribution >= 0.6 is 0 Å². The normalized spacial score (nSPS) is 15.7. The highest BCUT2D eigenvalue weighted by molar-refractivity contribution is 5.78. The fourth-order valence-corrected chi connectivity index (χ4v) is 2.34. The van der Waals surface area contributed by atoms with Gasteiger partial charge in [0, 0.05) is 12.2 Å². The Morgan fingerprint density at radius 1 is 1.44 bits per heavy atom. The quantitative estimate of drug-likeness (QED) is 0.794. The molecule has 3 N–H and O–H groups in total. The third-order valence-electron chi connectivity index (χ3n) is 3.59. The van der Waals surface area contributed by atoms with Crippen molar-refractivity contribution in [1.29, 1.82) is 0 Å². The number of nitrogens with two attached hydrogens (primary N) is 1. The molecule has 1 fully saturated rings. The molecule has 1 heterocycles. The van der Waals surface area contributed by atoms with E-state index in [9.17, 15) is 0 Å². The maximum absolute atomic E-state index is 5.78. The van der Waals surface area contributed by atoms with Gasteiger partial charge in [0.25, 0.3) is 0 Å². The molecular weight excluding hydrogens is 224 g/mol. The van der Waals surface area contributed by atoms with E-state index in [0.29, 0.717) is 0 Å². The molecule has 4 heteroatoms. The molecule has 0 atom stereocenters. The molecule has 0 amide bonds. The van der Waals surface area contributed by atoms with Crippen LogP contribution in [0.25, 0.3) is 11.0 Å². The highest BCUT2D eigenvalue weighted by atomic mass is 15.1. The molecule has 3 rings (SSSR count). The van der Waals surface area contributed by atoms with Crippen LogP contribution in [0.4, 0.5) is 5.69 Å². The zero-order chi connectivity index (χ0) is 12.5. The van der Waals surface area contributed by atoms with E-state index in [1.807, 2.05) is 18.2 Å². The summed E-state index contributed by atoms with van der Waals surface area (Å²) in [5.74, 6) is 1.96. The Bertz CT molecular complexity index is 542. The van der Waals surface area contributed by atoms with E-state index in [4.69, 9.17) is 5.73 Å². The number of nitrogens with one attached hydrogen (secondary N) is 1. The number of aromatic amines is 1. The van der Waals surface area contributed by atoms with Crippen LogP contribution in [0.3, 0.4) is 0 Å². The fraction of sp³-hybridized carbons (Fsp3) is 0.500. The molecule has 1 aromatic heterocycles. The summed E-state index contributed by atoms with van der Waals surface area (Å²) in [6, 6.07) is 5.82. The average Bonchev–Trinajstić information content (AvgIpc) is 3.07. The Balaban J connectivity index is 1.76. The lowest BCUT2D eigenvalue weighted by atomic mass is 10.3. The minimum atomic E-state index is 0.781. The first kappa shape index (κ1) is 11.5. The monoisotopic (exact) mass is 244 g/mol. The van der Waals surface area contributed by atoms with Crippen molar-refractivity contribution in [2.45, 2.75) is 26.3 Å². The summed E-state index contributed by atoms with van der Waals surface area (Å²) in [4.78, 5) is 10.4. The SMILES string of the molecule is CCN(Cc1nc2ccc(N)cc2[nH]1)CC1CC1. The number of imidazole rings is 1. The van der Waals surface area contributed by atoms with Crippen LogP contribution in [0.1, 0.15) is 25.6 Å². The number of nitrogens with zero attached hydrogens (tertiary/aromatic N) is 2. The van der Waals surface area contributed by atoms with Crippen molar-refractivity contribution in [2.75, 3.05) is 18.8 Å². The Hall–Kier alpha value is -1.55. The summed E-state index contributed by atoms with van der Waals surface area (Å²) in [7, 11) is 0. The molecule has 18 heavy (non-hydrogen) atoms. The number of nitrogen functional groups attached to an aromatic ring is 1. The van der Waals surface area contributed by atoms with E-state index in [2.05, 4.69) is 21.8 Å². The number of benzene rings is 1. The molecule has 0 aliphatic heterocycles. The minimum absolute atomic E-state index is 0.781. The lowest BCUT2D eigenvalue weighted by Gasteiger charge is -2.18. The van der Waals surface area contributed by atoms with Crippen molar-refractivity contribution in [1.82, 2.24) is 14.9 Å². The van der Waals surface area contributed by atoms with Crippen LogP contribution in [0.5, 0.6) is 0 Å². The molecule has 96 valence electrons. The molecule has 0 unspecified atom stereocenters. The Morgan fingerprint density at radius 2 is 2.28 bits per heavy atom. The minimum Gasteiger partial charge on any atom is -0.399 e. The van der Waals surface area contributed by atoms with E-state index in [1.165, 1.54) is 19.4 Å². The number of aromatic nitrogens is 2. The number of rotatable bonds is 5. The number of hydrogen-bond acceptors (Lipinski definition) is 3. The number of anilines is 1. The molecule has 0 bridgehead atoms. The van der Waals surface area contributed by atoms with Gasteiger partial charge in [-0.15, -0.1) is 0 Å². The van der Waals surface area contributed by atoms with Crippen LogP contribution < -0.4 is 5.73 Å². The summed E-state index contributed by atoms with van der Waals surface area (Å²) in [5, 5.41) is 0. The van der Waals surface area contributed by atoms with Gasteiger partial charge in [0.2, 0.25) is 0 Å². The van der Waals surface area contributed by atoms with Crippen molar-refractivity contribution >= 4 is 16.7 Å². The van der Waals surface area contributed by atoms with Gasteiger partial charge in [0.05, 0.1) is 17.6 Å². The van der Waals surface area contributed by atoms with Crippen molar-refractivity contribution in [2.24, 2.45) is 5.92 Å². The molecule has 1 aliphatic rings. The highest BCUT2D eigenvalue weighted by Crippen LogP contribution is 2.30. The van der Waals surface area contributed by atoms with Gasteiger partial charge in [-0.2, -0.15) is 0 Å². The second-order valence-corrected chi connectivity index (χ2v) is 5.23. The second kappa shape index (κ2) is 4.61. The van der Waals surface area contributed by atoms with Gasteiger partial charge in [-0.05, 0) is 43.5 Å². The van der Waals surface area contributed by atoms with E-state index in [-0.39, 0.29) is 0 Å². The predicted molar refractivity (Wildman–Crippen MR) is 74.2 cm³/mol. The molecule has 1 aromatic carbocycles. The van der Waals surface area contributed by atoms with E-state index >= 15 is 0 Å². The van der Waals surface area contributed by atoms with Crippen LogP contribution in [-0.2, 0) is 6.54 Å². The van der Waals surface area contributed by atoms with Gasteiger partial charge >= 0.3 is 0 Å². The van der Waals surface area contributed by atoms with Crippen molar-refractivity contribution in [3.63, 3.8) is 0 Å². The molecule has 0 radical (unpaired) electrons. The van der Waals surface area contributed by atoms with Gasteiger partial charge in [-0.25, -0.2) is 4.98 Å². The van der Waals surface area contributed by atoms with Crippen molar-refractivity contribution < 1.29 is 0 Å². The van der Waals surface area contributed by atoms with Crippen LogP contribution in [0.15, 0.2) is 18.2 Å². The third kappa shape index (κ3) is 2.48. The number of fused-ring (bicyclic) bond motifs is 1. The van der Waals surface area contributed by atoms with Gasteiger partial charge in [0.15, 0.2) is 0 Å². The zero-order valence-electron chi connectivity index (χ0n) is 10.8. The summed E-state index contributed by atoms with van der Waals surface area (Å²) >= 11 is 0. The van der Waals surface area contributed by atoms with Gasteiger partial charge < -0.3 is 10.7 Å². The fourth-order valence-electron chi connectivity index (χ4n) is 2.34. The molecule has 2 aromatic rings. The topological polar surface area (TPSA) is 57.9 Å².